The summed E-state index contributed by atoms with van der Waals surface area (Å²) in [5.41, 5.74) is 5.48. The maximum Gasteiger partial charge on any atom is 0.148 e. The van der Waals surface area contributed by atoms with Gasteiger partial charge in [0.15, 0.2) is 0 Å². The highest BCUT2D eigenvalue weighted by Crippen LogP contribution is 2.40. The third-order valence-electron chi connectivity index (χ3n) is 4.68. The van der Waals surface area contributed by atoms with Crippen LogP contribution in [0.25, 0.3) is 21.1 Å². The fourth-order valence-electron chi connectivity index (χ4n) is 3.45. The lowest BCUT2D eigenvalue weighted by Crippen LogP contribution is -2.06. The normalized spacial score (nSPS) is 16.1. The first-order valence-corrected chi connectivity index (χ1v) is 9.76. The molecule has 0 fully saturated rings. The van der Waals surface area contributed by atoms with Crippen LogP contribution in [0.15, 0.2) is 36.4 Å². The molecule has 0 amide bonds. The van der Waals surface area contributed by atoms with Crippen LogP contribution in [0.5, 0.6) is 5.75 Å². The van der Waals surface area contributed by atoms with Gasteiger partial charge in [-0.1, -0.05) is 29.5 Å². The van der Waals surface area contributed by atoms with Crippen LogP contribution >= 0.6 is 11.3 Å². The number of nitrogens with zero attached hydrogens (tertiary/aromatic N) is 2. The lowest BCUT2D eigenvalue weighted by molar-refractivity contribution is 0.180. The van der Waals surface area contributed by atoms with Gasteiger partial charge in [0, 0.05) is 11.1 Å². The van der Waals surface area contributed by atoms with Gasteiger partial charge in [0.25, 0.3) is 0 Å². The first-order chi connectivity index (χ1) is 12.5. The number of benzene rings is 2. The first-order valence-electron chi connectivity index (χ1n) is 8.94. The molecule has 26 heavy (non-hydrogen) atoms. The number of aliphatic hydroxyl groups excluding tert-OH is 1. The van der Waals surface area contributed by atoms with E-state index in [4.69, 9.17) is 4.74 Å². The predicted octanol–water partition coefficient (Wildman–Crippen LogP) is 4.95. The third-order valence-corrected chi connectivity index (χ3v) is 5.68. The molecule has 0 saturated heterocycles. The van der Waals surface area contributed by atoms with Crippen molar-refractivity contribution >= 4 is 11.3 Å². The minimum Gasteiger partial charge on any atom is -0.491 e. The topological polar surface area (TPSA) is 55.2 Å². The Morgan fingerprint density at radius 1 is 1.15 bits per heavy atom. The van der Waals surface area contributed by atoms with Crippen molar-refractivity contribution in [3.63, 3.8) is 0 Å². The zero-order valence-corrected chi connectivity index (χ0v) is 16.0. The molecule has 1 atom stereocenters. The average molecular weight is 366 g/mol. The molecule has 4 rings (SSSR count). The summed E-state index contributed by atoms with van der Waals surface area (Å²) in [6, 6.07) is 12.2. The zero-order valence-electron chi connectivity index (χ0n) is 15.2. The van der Waals surface area contributed by atoms with E-state index in [0.717, 1.165) is 50.9 Å². The highest BCUT2D eigenvalue weighted by Gasteiger charge is 2.24. The van der Waals surface area contributed by atoms with Gasteiger partial charge in [-0.15, -0.1) is 10.2 Å². The van der Waals surface area contributed by atoms with E-state index in [2.05, 4.69) is 29.3 Å². The molecule has 1 N–H and O–H groups in total. The van der Waals surface area contributed by atoms with Crippen LogP contribution in [0.1, 0.15) is 43.1 Å². The van der Waals surface area contributed by atoms with Crippen LogP contribution in [0.2, 0.25) is 0 Å². The first kappa shape index (κ1) is 17.2. The Labute approximate surface area is 157 Å². The van der Waals surface area contributed by atoms with Crippen molar-refractivity contribution in [1.29, 1.82) is 0 Å². The number of aliphatic hydroxyl groups is 1. The van der Waals surface area contributed by atoms with Gasteiger partial charge < -0.3 is 9.84 Å². The molecule has 0 aliphatic heterocycles. The fraction of sp³-hybridized carbons (Fsp3) is 0.333. The lowest BCUT2D eigenvalue weighted by Gasteiger charge is -2.12. The zero-order chi connectivity index (χ0) is 18.3. The van der Waals surface area contributed by atoms with Gasteiger partial charge in [-0.2, -0.15) is 0 Å². The van der Waals surface area contributed by atoms with Crippen molar-refractivity contribution in [1.82, 2.24) is 10.2 Å². The number of aryl methyl sites for hydroxylation is 1. The van der Waals surface area contributed by atoms with Crippen LogP contribution in [0.4, 0.5) is 0 Å². The molecule has 1 aliphatic carbocycles. The average Bonchev–Trinajstić information content (AvgIpc) is 3.24. The molecule has 3 aromatic rings. The van der Waals surface area contributed by atoms with E-state index < -0.39 is 0 Å². The van der Waals surface area contributed by atoms with Crippen molar-refractivity contribution in [2.75, 3.05) is 0 Å². The Bertz CT molecular complexity index is 949. The molecule has 1 heterocycles. The summed E-state index contributed by atoms with van der Waals surface area (Å²) in [4.78, 5) is 0. The fourth-order valence-corrected chi connectivity index (χ4v) is 4.34. The summed E-state index contributed by atoms with van der Waals surface area (Å²) in [5.74, 6) is 0.906. The molecule has 1 aromatic heterocycles. The SMILES string of the molecule is Cc1cc(-c2nnc(-c3cccc4c3CCC4O)s2)ccc1OC(C)C. The molecule has 0 spiro atoms. The second kappa shape index (κ2) is 6.82. The number of hydrogen-bond donors (Lipinski definition) is 1. The van der Waals surface area contributed by atoms with Crippen molar-refractivity contribution in [3.05, 3.63) is 53.1 Å². The van der Waals surface area contributed by atoms with Crippen molar-refractivity contribution in [2.45, 2.75) is 45.8 Å². The highest BCUT2D eigenvalue weighted by atomic mass is 32.1. The molecular formula is C21H22N2O2S. The molecule has 1 unspecified atom stereocenters. The Balaban J connectivity index is 1.67. The Morgan fingerprint density at radius 2 is 1.96 bits per heavy atom. The van der Waals surface area contributed by atoms with Crippen LogP contribution < -0.4 is 4.74 Å². The molecule has 134 valence electrons. The molecule has 4 nitrogen and oxygen atoms in total. The quantitative estimate of drug-likeness (QED) is 0.710. The summed E-state index contributed by atoms with van der Waals surface area (Å²) >= 11 is 1.59. The smallest absolute Gasteiger partial charge is 0.148 e. The number of ether oxygens (including phenoxy) is 1. The maximum absolute atomic E-state index is 10.1. The van der Waals surface area contributed by atoms with E-state index in [1.807, 2.05) is 38.1 Å². The Morgan fingerprint density at radius 3 is 2.73 bits per heavy atom. The van der Waals surface area contributed by atoms with Crippen LogP contribution in [0.3, 0.4) is 0 Å². The predicted molar refractivity (Wildman–Crippen MR) is 105 cm³/mol. The Kier molecular flexibility index (Phi) is 4.51. The summed E-state index contributed by atoms with van der Waals surface area (Å²) < 4.78 is 5.81. The number of fused-ring (bicyclic) bond motifs is 1. The van der Waals surface area contributed by atoms with E-state index in [0.29, 0.717) is 0 Å². The van der Waals surface area contributed by atoms with E-state index in [1.54, 1.807) is 11.3 Å². The molecule has 0 bridgehead atoms. The van der Waals surface area contributed by atoms with Gasteiger partial charge in [-0.05, 0) is 68.5 Å². The highest BCUT2D eigenvalue weighted by molar-refractivity contribution is 7.17. The number of aromatic nitrogens is 2. The molecule has 0 saturated carbocycles. The molecule has 0 radical (unpaired) electrons. The summed E-state index contributed by atoms with van der Waals surface area (Å²) in [5, 5.41) is 20.7. The summed E-state index contributed by atoms with van der Waals surface area (Å²) in [7, 11) is 0. The second-order valence-electron chi connectivity index (χ2n) is 6.99. The molecule has 2 aromatic carbocycles. The van der Waals surface area contributed by atoms with Gasteiger partial charge in [-0.25, -0.2) is 0 Å². The van der Waals surface area contributed by atoms with Crippen molar-refractivity contribution in [3.8, 4) is 26.9 Å². The van der Waals surface area contributed by atoms with Gasteiger partial charge in [0.2, 0.25) is 0 Å². The van der Waals surface area contributed by atoms with Gasteiger partial charge in [0.05, 0.1) is 12.2 Å². The van der Waals surface area contributed by atoms with E-state index >= 15 is 0 Å². The second-order valence-corrected chi connectivity index (χ2v) is 7.96. The van der Waals surface area contributed by atoms with E-state index in [9.17, 15) is 5.11 Å². The third kappa shape index (κ3) is 3.13. The summed E-state index contributed by atoms with van der Waals surface area (Å²) in [6.45, 7) is 6.11. The molecule has 1 aliphatic rings. The van der Waals surface area contributed by atoms with Gasteiger partial charge >= 0.3 is 0 Å². The maximum atomic E-state index is 10.1. The van der Waals surface area contributed by atoms with Crippen molar-refractivity contribution in [2.24, 2.45) is 0 Å². The van der Waals surface area contributed by atoms with E-state index in [-0.39, 0.29) is 12.2 Å². The van der Waals surface area contributed by atoms with Crippen molar-refractivity contribution < 1.29 is 9.84 Å². The summed E-state index contributed by atoms with van der Waals surface area (Å²) in [6.07, 6.45) is 1.48. The monoisotopic (exact) mass is 366 g/mol. The Hall–Kier alpha value is -2.24. The van der Waals surface area contributed by atoms with Crippen LogP contribution in [0, 0.1) is 6.92 Å². The minimum atomic E-state index is -0.353. The number of hydrogen-bond acceptors (Lipinski definition) is 5. The van der Waals surface area contributed by atoms with Crippen LogP contribution in [-0.2, 0) is 6.42 Å². The number of rotatable bonds is 4. The minimum absolute atomic E-state index is 0.156. The van der Waals surface area contributed by atoms with Crippen LogP contribution in [-0.4, -0.2) is 21.4 Å². The molecular weight excluding hydrogens is 344 g/mol. The largest absolute Gasteiger partial charge is 0.491 e. The van der Waals surface area contributed by atoms with Gasteiger partial charge in [-0.3, -0.25) is 0 Å². The lowest BCUT2D eigenvalue weighted by atomic mass is 10.0. The molecule has 5 heteroatoms. The van der Waals surface area contributed by atoms with E-state index in [1.165, 1.54) is 5.56 Å². The van der Waals surface area contributed by atoms with Gasteiger partial charge in [0.1, 0.15) is 15.8 Å². The standard InChI is InChI=1S/C21H22N2O2S/c1-12(2)25-19-10-7-14(11-13(19)3)20-22-23-21(26-20)17-6-4-5-16-15(17)8-9-18(16)24/h4-7,10-12,18,24H,8-9H2,1-3H3.